The number of benzene rings is 1. The first kappa shape index (κ1) is 18.5. The van der Waals surface area contributed by atoms with Gasteiger partial charge < -0.3 is 4.74 Å². The van der Waals surface area contributed by atoms with Gasteiger partial charge in [-0.25, -0.2) is 0 Å². The first-order valence-corrected chi connectivity index (χ1v) is 7.68. The van der Waals surface area contributed by atoms with E-state index in [9.17, 15) is 18.4 Å². The molecular weight excluding hydrogens is 400 g/mol. The van der Waals surface area contributed by atoms with Crippen molar-refractivity contribution < 1.29 is 23.1 Å². The van der Waals surface area contributed by atoms with E-state index in [0.717, 1.165) is 6.08 Å². The monoisotopic (exact) mass is 411 g/mol. The lowest BCUT2D eigenvalue weighted by molar-refractivity contribution is -0.117. The van der Waals surface area contributed by atoms with Crippen molar-refractivity contribution >= 4 is 33.8 Å². The predicted molar refractivity (Wildman–Crippen MR) is 89.7 cm³/mol. The SMILES string of the molecule is O=C(C=Cc1cc(Br)ccc1OC(F)F)NNC(=O)c1cccnc1. The quantitative estimate of drug-likeness (QED) is 0.585. The van der Waals surface area contributed by atoms with Crippen LogP contribution in [0.3, 0.4) is 0 Å². The maximum atomic E-state index is 12.4. The molecule has 2 amide bonds. The van der Waals surface area contributed by atoms with Crippen molar-refractivity contribution in [2.24, 2.45) is 0 Å². The summed E-state index contributed by atoms with van der Waals surface area (Å²) in [5.41, 5.74) is 4.91. The number of ether oxygens (including phenoxy) is 1. The van der Waals surface area contributed by atoms with Crippen LogP contribution in [0.1, 0.15) is 15.9 Å². The van der Waals surface area contributed by atoms with Crippen LogP contribution < -0.4 is 15.6 Å². The van der Waals surface area contributed by atoms with Crippen LogP contribution in [0.2, 0.25) is 0 Å². The summed E-state index contributed by atoms with van der Waals surface area (Å²) in [7, 11) is 0. The summed E-state index contributed by atoms with van der Waals surface area (Å²) in [6.45, 7) is -2.99. The number of hydrogen-bond donors (Lipinski definition) is 2. The largest absolute Gasteiger partial charge is 0.434 e. The van der Waals surface area contributed by atoms with Crippen LogP contribution in [0.25, 0.3) is 6.08 Å². The molecule has 0 fully saturated rings. The predicted octanol–water partition coefficient (Wildman–Crippen LogP) is 2.92. The summed E-state index contributed by atoms with van der Waals surface area (Å²) in [4.78, 5) is 27.3. The summed E-state index contributed by atoms with van der Waals surface area (Å²) in [6, 6.07) is 7.49. The van der Waals surface area contributed by atoms with E-state index in [1.165, 1.54) is 42.7 Å². The fourth-order valence-corrected chi connectivity index (χ4v) is 2.13. The minimum absolute atomic E-state index is 0.0818. The van der Waals surface area contributed by atoms with E-state index in [4.69, 9.17) is 0 Å². The molecule has 1 aromatic heterocycles. The van der Waals surface area contributed by atoms with Gasteiger partial charge in [-0.15, -0.1) is 0 Å². The van der Waals surface area contributed by atoms with Gasteiger partial charge in [0.2, 0.25) is 0 Å². The van der Waals surface area contributed by atoms with Crippen LogP contribution in [0, 0.1) is 0 Å². The third-order valence-corrected chi connectivity index (χ3v) is 3.32. The molecule has 0 aliphatic carbocycles. The van der Waals surface area contributed by atoms with Crippen LogP contribution in [-0.4, -0.2) is 23.4 Å². The van der Waals surface area contributed by atoms with E-state index in [-0.39, 0.29) is 16.9 Å². The van der Waals surface area contributed by atoms with Crippen molar-refractivity contribution in [1.29, 1.82) is 0 Å². The number of pyridine rings is 1. The molecule has 25 heavy (non-hydrogen) atoms. The average molecular weight is 412 g/mol. The highest BCUT2D eigenvalue weighted by Crippen LogP contribution is 2.25. The van der Waals surface area contributed by atoms with Crippen LogP contribution in [0.15, 0.2) is 53.3 Å². The highest BCUT2D eigenvalue weighted by Gasteiger charge is 2.09. The molecule has 0 radical (unpaired) electrons. The number of rotatable bonds is 5. The number of hydrazine groups is 1. The molecule has 2 N–H and O–H groups in total. The number of alkyl halides is 2. The molecule has 0 saturated carbocycles. The van der Waals surface area contributed by atoms with Gasteiger partial charge in [-0.05, 0) is 36.4 Å². The molecule has 0 bridgehead atoms. The number of carbonyl (C=O) groups is 2. The van der Waals surface area contributed by atoms with E-state index < -0.39 is 18.4 Å². The lowest BCUT2D eigenvalue weighted by atomic mass is 10.2. The normalized spacial score (nSPS) is 10.7. The molecule has 130 valence electrons. The minimum atomic E-state index is -2.99. The Hall–Kier alpha value is -2.81. The van der Waals surface area contributed by atoms with Crippen LogP contribution in [0.5, 0.6) is 5.75 Å². The van der Waals surface area contributed by atoms with Crippen LogP contribution in [-0.2, 0) is 4.79 Å². The fourth-order valence-electron chi connectivity index (χ4n) is 1.75. The molecule has 0 spiro atoms. The second-order valence-corrected chi connectivity index (χ2v) is 5.49. The summed E-state index contributed by atoms with van der Waals surface area (Å²) in [6.07, 6.45) is 5.21. The highest BCUT2D eigenvalue weighted by molar-refractivity contribution is 9.10. The van der Waals surface area contributed by atoms with Crippen molar-refractivity contribution in [1.82, 2.24) is 15.8 Å². The van der Waals surface area contributed by atoms with Gasteiger partial charge >= 0.3 is 6.61 Å². The van der Waals surface area contributed by atoms with E-state index >= 15 is 0 Å². The number of nitrogens with one attached hydrogen (secondary N) is 2. The fraction of sp³-hybridized carbons (Fsp3) is 0.0625. The molecule has 1 heterocycles. The van der Waals surface area contributed by atoms with Crippen LogP contribution in [0.4, 0.5) is 8.78 Å². The minimum Gasteiger partial charge on any atom is -0.434 e. The lowest BCUT2D eigenvalue weighted by Gasteiger charge is -2.08. The first-order valence-electron chi connectivity index (χ1n) is 6.88. The molecule has 0 aliphatic heterocycles. The van der Waals surface area contributed by atoms with Crippen molar-refractivity contribution in [2.75, 3.05) is 0 Å². The first-order chi connectivity index (χ1) is 12.0. The number of halogens is 3. The van der Waals surface area contributed by atoms with Gasteiger partial charge in [-0.2, -0.15) is 8.78 Å². The number of hydrogen-bond acceptors (Lipinski definition) is 4. The van der Waals surface area contributed by atoms with Gasteiger partial charge in [0.1, 0.15) is 5.75 Å². The Bertz CT molecular complexity index is 785. The third-order valence-electron chi connectivity index (χ3n) is 2.83. The summed E-state index contributed by atoms with van der Waals surface area (Å²) < 4.78 is 29.8. The van der Waals surface area contributed by atoms with Gasteiger partial charge in [0.05, 0.1) is 5.56 Å². The van der Waals surface area contributed by atoms with E-state index in [1.807, 2.05) is 0 Å². The molecule has 0 unspecified atom stereocenters. The molecule has 2 aromatic rings. The topological polar surface area (TPSA) is 80.3 Å². The zero-order valence-electron chi connectivity index (χ0n) is 12.6. The summed E-state index contributed by atoms with van der Waals surface area (Å²) >= 11 is 3.20. The van der Waals surface area contributed by atoms with Crippen LogP contribution >= 0.6 is 15.9 Å². The second kappa shape index (κ2) is 8.88. The average Bonchev–Trinajstić information content (AvgIpc) is 2.60. The Balaban J connectivity index is 1.98. The van der Waals surface area contributed by atoms with Crippen molar-refractivity contribution in [2.45, 2.75) is 6.61 Å². The van der Waals surface area contributed by atoms with Gasteiger partial charge in [-0.1, -0.05) is 15.9 Å². The smallest absolute Gasteiger partial charge is 0.387 e. The van der Waals surface area contributed by atoms with Gasteiger partial charge in [0, 0.05) is 28.5 Å². The van der Waals surface area contributed by atoms with E-state index in [2.05, 4.69) is 36.5 Å². The van der Waals surface area contributed by atoms with Gasteiger partial charge in [0.25, 0.3) is 11.8 Å². The molecule has 0 atom stereocenters. The molecule has 1 aromatic carbocycles. The number of carbonyl (C=O) groups excluding carboxylic acids is 2. The maximum absolute atomic E-state index is 12.4. The zero-order chi connectivity index (χ0) is 18.2. The molecule has 6 nitrogen and oxygen atoms in total. The molecule has 9 heteroatoms. The third kappa shape index (κ3) is 5.96. The van der Waals surface area contributed by atoms with E-state index in [0.29, 0.717) is 4.47 Å². The summed E-state index contributed by atoms with van der Waals surface area (Å²) in [5, 5.41) is 0. The van der Waals surface area contributed by atoms with Crippen molar-refractivity contribution in [3.8, 4) is 5.75 Å². The van der Waals surface area contributed by atoms with E-state index in [1.54, 1.807) is 6.07 Å². The van der Waals surface area contributed by atoms with Crippen molar-refractivity contribution in [3.63, 3.8) is 0 Å². The zero-order valence-corrected chi connectivity index (χ0v) is 14.2. The standard InChI is InChI=1S/C16H12BrF2N3O3/c17-12-4-5-13(25-16(18)19)10(8-12)3-6-14(23)21-22-15(24)11-2-1-7-20-9-11/h1-9,16H,(H,21,23)(H,22,24). The Morgan fingerprint density at radius 3 is 2.72 bits per heavy atom. The molecule has 0 saturated heterocycles. The highest BCUT2D eigenvalue weighted by atomic mass is 79.9. The summed E-state index contributed by atoms with van der Waals surface area (Å²) in [5.74, 6) is -1.28. The Morgan fingerprint density at radius 2 is 2.04 bits per heavy atom. The Labute approximate surface area is 150 Å². The molecular formula is C16H12BrF2N3O3. The maximum Gasteiger partial charge on any atom is 0.387 e. The lowest BCUT2D eigenvalue weighted by Crippen LogP contribution is -2.40. The Kier molecular flexibility index (Phi) is 6.58. The molecule has 0 aliphatic rings. The second-order valence-electron chi connectivity index (χ2n) is 4.58. The molecule has 2 rings (SSSR count). The van der Waals surface area contributed by atoms with Crippen molar-refractivity contribution in [3.05, 3.63) is 64.4 Å². The van der Waals surface area contributed by atoms with Gasteiger partial charge in [-0.3, -0.25) is 25.4 Å². The number of amides is 2. The number of aromatic nitrogens is 1. The Morgan fingerprint density at radius 1 is 1.24 bits per heavy atom. The van der Waals surface area contributed by atoms with Gasteiger partial charge in [0.15, 0.2) is 0 Å². The number of nitrogens with zero attached hydrogens (tertiary/aromatic N) is 1.